The number of allylic oxidation sites excluding steroid dienone is 2. The predicted molar refractivity (Wildman–Crippen MR) is 91.6 cm³/mol. The molecule has 3 nitrogen and oxygen atoms in total. The molecule has 0 bridgehead atoms. The van der Waals surface area contributed by atoms with Crippen molar-refractivity contribution >= 4 is 17.9 Å². The molecule has 1 saturated carbocycles. The summed E-state index contributed by atoms with van der Waals surface area (Å²) in [5, 5.41) is 0. The summed E-state index contributed by atoms with van der Waals surface area (Å²) >= 11 is 0. The molecular formula is C20H18O3. The second-order valence-corrected chi connectivity index (χ2v) is 5.39. The van der Waals surface area contributed by atoms with Gasteiger partial charge in [-0.15, -0.1) is 0 Å². The van der Waals surface area contributed by atoms with Crippen LogP contribution in [0, 0.1) is 0 Å². The Morgan fingerprint density at radius 1 is 0.739 bits per heavy atom. The lowest BCUT2D eigenvalue weighted by Gasteiger charge is -2.20. The number of benzene rings is 2. The van der Waals surface area contributed by atoms with Crippen LogP contribution in [0.3, 0.4) is 0 Å². The monoisotopic (exact) mass is 306 g/mol. The molecule has 0 atom stereocenters. The van der Waals surface area contributed by atoms with E-state index in [1.54, 1.807) is 14.2 Å². The van der Waals surface area contributed by atoms with Crippen LogP contribution in [0.1, 0.15) is 17.5 Å². The fourth-order valence-electron chi connectivity index (χ4n) is 2.50. The molecular weight excluding hydrogens is 288 g/mol. The van der Waals surface area contributed by atoms with Crippen LogP contribution >= 0.6 is 0 Å². The molecule has 0 saturated heterocycles. The van der Waals surface area contributed by atoms with E-state index in [4.69, 9.17) is 9.47 Å². The number of carbonyl (C=O) groups excluding carboxylic acids is 1. The molecule has 23 heavy (non-hydrogen) atoms. The van der Waals surface area contributed by atoms with Crippen molar-refractivity contribution in [1.29, 1.82) is 0 Å². The van der Waals surface area contributed by atoms with Crippen LogP contribution < -0.4 is 9.47 Å². The fourth-order valence-corrected chi connectivity index (χ4v) is 2.50. The zero-order chi connectivity index (χ0) is 16.2. The van der Waals surface area contributed by atoms with Crippen molar-refractivity contribution in [2.24, 2.45) is 0 Å². The van der Waals surface area contributed by atoms with E-state index in [1.165, 1.54) is 0 Å². The Hall–Kier alpha value is -2.81. The summed E-state index contributed by atoms with van der Waals surface area (Å²) < 4.78 is 10.3. The van der Waals surface area contributed by atoms with Gasteiger partial charge in [-0.3, -0.25) is 4.79 Å². The maximum absolute atomic E-state index is 12.2. The maximum Gasteiger partial charge on any atom is 0.185 e. The zero-order valence-corrected chi connectivity index (χ0v) is 13.2. The number of Topliss-reactive ketones (excluding diaryl/α,β-unsaturated/α-hetero) is 1. The molecule has 2 aromatic carbocycles. The Morgan fingerprint density at radius 2 is 1.13 bits per heavy atom. The third kappa shape index (κ3) is 3.34. The zero-order valence-electron chi connectivity index (χ0n) is 13.2. The van der Waals surface area contributed by atoms with Crippen molar-refractivity contribution in [3.8, 4) is 11.5 Å². The first-order valence-corrected chi connectivity index (χ1v) is 7.43. The van der Waals surface area contributed by atoms with Gasteiger partial charge in [0.1, 0.15) is 11.5 Å². The second kappa shape index (κ2) is 6.53. The minimum Gasteiger partial charge on any atom is -0.497 e. The van der Waals surface area contributed by atoms with Gasteiger partial charge >= 0.3 is 0 Å². The van der Waals surface area contributed by atoms with Gasteiger partial charge in [0.2, 0.25) is 0 Å². The van der Waals surface area contributed by atoms with E-state index in [9.17, 15) is 4.79 Å². The molecule has 1 fully saturated rings. The molecule has 0 amide bonds. The lowest BCUT2D eigenvalue weighted by molar-refractivity contribution is -0.114. The van der Waals surface area contributed by atoms with Crippen molar-refractivity contribution in [2.45, 2.75) is 6.42 Å². The van der Waals surface area contributed by atoms with E-state index in [2.05, 4.69) is 0 Å². The quantitative estimate of drug-likeness (QED) is 0.796. The Bertz CT molecular complexity index is 700. The molecule has 0 unspecified atom stereocenters. The van der Waals surface area contributed by atoms with E-state index in [0.717, 1.165) is 33.8 Å². The van der Waals surface area contributed by atoms with Crippen LogP contribution in [0.4, 0.5) is 0 Å². The second-order valence-electron chi connectivity index (χ2n) is 5.39. The minimum atomic E-state index is 0.122. The highest BCUT2D eigenvalue weighted by Crippen LogP contribution is 2.32. The number of carbonyl (C=O) groups is 1. The Labute approximate surface area is 135 Å². The van der Waals surface area contributed by atoms with E-state index < -0.39 is 0 Å². The molecule has 2 aromatic rings. The Kier molecular flexibility index (Phi) is 4.29. The first-order chi connectivity index (χ1) is 11.2. The van der Waals surface area contributed by atoms with Crippen LogP contribution in [0.25, 0.3) is 12.2 Å². The minimum absolute atomic E-state index is 0.122. The highest BCUT2D eigenvalue weighted by molar-refractivity contribution is 6.20. The average Bonchev–Trinajstić information content (AvgIpc) is 2.61. The molecule has 116 valence electrons. The van der Waals surface area contributed by atoms with E-state index in [1.807, 2.05) is 60.7 Å². The molecule has 0 radical (unpaired) electrons. The SMILES string of the molecule is COc1ccc(/C=C2/C/C(=C/c3ccc(OC)cc3)C2=O)cc1. The van der Waals surface area contributed by atoms with Crippen LogP contribution in [0.15, 0.2) is 59.7 Å². The van der Waals surface area contributed by atoms with E-state index in [0.29, 0.717) is 6.42 Å². The van der Waals surface area contributed by atoms with Gasteiger partial charge < -0.3 is 9.47 Å². The van der Waals surface area contributed by atoms with Crippen LogP contribution in [0.2, 0.25) is 0 Å². The first kappa shape index (κ1) is 15.1. The lowest BCUT2D eigenvalue weighted by Crippen LogP contribution is -2.18. The van der Waals surface area contributed by atoms with Crippen molar-refractivity contribution < 1.29 is 14.3 Å². The standard InChI is InChI=1S/C20H18O3/c1-22-18-7-3-14(4-8-18)11-16-13-17(20(16)21)12-15-5-9-19(23-2)10-6-15/h3-12H,13H2,1-2H3/b16-11-,17-12-. The summed E-state index contributed by atoms with van der Waals surface area (Å²) in [6, 6.07) is 15.4. The summed E-state index contributed by atoms with van der Waals surface area (Å²) in [6.45, 7) is 0. The van der Waals surface area contributed by atoms with E-state index >= 15 is 0 Å². The predicted octanol–water partition coefficient (Wildman–Crippen LogP) is 4.14. The maximum atomic E-state index is 12.2. The first-order valence-electron chi connectivity index (χ1n) is 7.43. The summed E-state index contributed by atoms with van der Waals surface area (Å²) in [6.07, 6.45) is 4.58. The smallest absolute Gasteiger partial charge is 0.185 e. The van der Waals surface area contributed by atoms with E-state index in [-0.39, 0.29) is 5.78 Å². The Morgan fingerprint density at radius 3 is 1.43 bits per heavy atom. The molecule has 0 aliphatic heterocycles. The third-order valence-corrected chi connectivity index (χ3v) is 3.88. The van der Waals surface area contributed by atoms with Gasteiger partial charge in [0.05, 0.1) is 14.2 Å². The summed E-state index contributed by atoms with van der Waals surface area (Å²) in [5.74, 6) is 1.75. The number of ketones is 1. The van der Waals surface area contributed by atoms with Gasteiger partial charge in [-0.2, -0.15) is 0 Å². The fraction of sp³-hybridized carbons (Fsp3) is 0.150. The van der Waals surface area contributed by atoms with Gasteiger partial charge in [-0.25, -0.2) is 0 Å². The third-order valence-electron chi connectivity index (χ3n) is 3.88. The van der Waals surface area contributed by atoms with Crippen molar-refractivity contribution in [3.05, 3.63) is 70.8 Å². The highest BCUT2D eigenvalue weighted by atomic mass is 16.5. The molecule has 3 heteroatoms. The Balaban J connectivity index is 1.71. The normalized spacial score (nSPS) is 17.2. The lowest BCUT2D eigenvalue weighted by atomic mass is 9.82. The molecule has 3 rings (SSSR count). The molecule has 0 heterocycles. The van der Waals surface area contributed by atoms with Gasteiger partial charge in [-0.1, -0.05) is 24.3 Å². The summed E-state index contributed by atoms with van der Waals surface area (Å²) in [7, 11) is 3.28. The molecule has 0 N–H and O–H groups in total. The molecule has 0 aromatic heterocycles. The number of ether oxygens (including phenoxy) is 2. The summed E-state index contributed by atoms with van der Waals surface area (Å²) in [4.78, 5) is 12.2. The van der Waals surface area contributed by atoms with Gasteiger partial charge in [0.15, 0.2) is 5.78 Å². The molecule has 1 aliphatic rings. The molecule has 1 aliphatic carbocycles. The van der Waals surface area contributed by atoms with Gasteiger partial charge in [0.25, 0.3) is 0 Å². The average molecular weight is 306 g/mol. The highest BCUT2D eigenvalue weighted by Gasteiger charge is 2.26. The van der Waals surface area contributed by atoms with Gasteiger partial charge in [0, 0.05) is 17.6 Å². The van der Waals surface area contributed by atoms with Gasteiger partial charge in [-0.05, 0) is 47.5 Å². The van der Waals surface area contributed by atoms with Crippen LogP contribution in [0.5, 0.6) is 11.5 Å². The topological polar surface area (TPSA) is 35.5 Å². The number of hydrogen-bond donors (Lipinski definition) is 0. The van der Waals surface area contributed by atoms with Crippen LogP contribution in [-0.4, -0.2) is 20.0 Å². The number of hydrogen-bond acceptors (Lipinski definition) is 3. The number of rotatable bonds is 4. The molecule has 0 spiro atoms. The van der Waals surface area contributed by atoms with Crippen molar-refractivity contribution in [2.75, 3.05) is 14.2 Å². The van der Waals surface area contributed by atoms with Crippen LogP contribution in [-0.2, 0) is 4.79 Å². The number of methoxy groups -OCH3 is 2. The van der Waals surface area contributed by atoms with Crippen molar-refractivity contribution in [1.82, 2.24) is 0 Å². The summed E-state index contributed by atoms with van der Waals surface area (Å²) in [5.41, 5.74) is 3.71. The van der Waals surface area contributed by atoms with Crippen molar-refractivity contribution in [3.63, 3.8) is 0 Å². The largest absolute Gasteiger partial charge is 0.497 e.